The number of nitrogens with one attached hydrogen (secondary N) is 2. The highest BCUT2D eigenvalue weighted by Crippen LogP contribution is 2.33. The molecule has 0 radical (unpaired) electrons. The lowest BCUT2D eigenvalue weighted by atomic mass is 9.89. The van der Waals surface area contributed by atoms with Crippen LogP contribution in [-0.2, 0) is 11.3 Å². The van der Waals surface area contributed by atoms with Gasteiger partial charge in [0.15, 0.2) is 5.96 Å². The first kappa shape index (κ1) is 23.9. The van der Waals surface area contributed by atoms with E-state index in [1.165, 1.54) is 18.4 Å². The maximum atomic E-state index is 6.12. The summed E-state index contributed by atoms with van der Waals surface area (Å²) in [4.78, 5) is 4.41. The normalized spacial score (nSPS) is 21.1. The third-order valence-corrected chi connectivity index (χ3v) is 5.92. The van der Waals surface area contributed by atoms with Crippen molar-refractivity contribution in [3.8, 4) is 5.75 Å². The third-order valence-electron chi connectivity index (χ3n) is 5.92. The molecule has 0 bridgehead atoms. The van der Waals surface area contributed by atoms with Gasteiger partial charge in [-0.05, 0) is 43.2 Å². The van der Waals surface area contributed by atoms with Gasteiger partial charge in [0.25, 0.3) is 0 Å². The zero-order valence-electron chi connectivity index (χ0n) is 18.3. The molecule has 2 aromatic carbocycles. The van der Waals surface area contributed by atoms with E-state index in [1.807, 2.05) is 13.1 Å². The summed E-state index contributed by atoms with van der Waals surface area (Å²) < 4.78 is 12.2. The van der Waals surface area contributed by atoms with Gasteiger partial charge in [-0.15, -0.1) is 24.0 Å². The summed E-state index contributed by atoms with van der Waals surface area (Å²) in [5.74, 6) is 2.95. The van der Waals surface area contributed by atoms with Crippen molar-refractivity contribution in [1.29, 1.82) is 0 Å². The van der Waals surface area contributed by atoms with Crippen molar-refractivity contribution < 1.29 is 9.47 Å². The summed E-state index contributed by atoms with van der Waals surface area (Å²) in [5, 5.41) is 6.95. The first-order chi connectivity index (χ1) is 14.8. The Morgan fingerprint density at radius 2 is 1.81 bits per heavy atom. The second-order valence-electron chi connectivity index (χ2n) is 8.27. The minimum Gasteiger partial charge on any atom is -0.493 e. The molecule has 2 fully saturated rings. The number of nitrogens with zero attached hydrogens (tertiary/aromatic N) is 1. The number of hydrogen-bond donors (Lipinski definition) is 2. The number of para-hydroxylation sites is 1. The Morgan fingerprint density at radius 3 is 2.58 bits per heavy atom. The average molecular weight is 535 g/mol. The van der Waals surface area contributed by atoms with Crippen molar-refractivity contribution in [2.75, 3.05) is 26.8 Å². The van der Waals surface area contributed by atoms with Crippen molar-refractivity contribution in [2.24, 2.45) is 16.8 Å². The van der Waals surface area contributed by atoms with Crippen LogP contribution in [0.1, 0.15) is 42.9 Å². The van der Waals surface area contributed by atoms with Gasteiger partial charge in [0.1, 0.15) is 5.75 Å². The van der Waals surface area contributed by atoms with Gasteiger partial charge in [-0.3, -0.25) is 4.99 Å². The first-order valence-electron chi connectivity index (χ1n) is 11.1. The minimum absolute atomic E-state index is 0. The molecule has 2 aliphatic rings. The molecule has 1 aliphatic heterocycles. The Kier molecular flexibility index (Phi) is 9.46. The van der Waals surface area contributed by atoms with Gasteiger partial charge in [-0.2, -0.15) is 0 Å². The summed E-state index contributed by atoms with van der Waals surface area (Å²) in [6.07, 6.45) is 4.99. The zero-order chi connectivity index (χ0) is 20.6. The first-order valence-corrected chi connectivity index (χ1v) is 11.1. The Labute approximate surface area is 203 Å². The molecule has 5 nitrogen and oxygen atoms in total. The number of ether oxygens (including phenoxy) is 2. The fourth-order valence-corrected chi connectivity index (χ4v) is 3.97. The van der Waals surface area contributed by atoms with Gasteiger partial charge in [-0.1, -0.05) is 48.5 Å². The van der Waals surface area contributed by atoms with E-state index in [1.54, 1.807) is 0 Å². The second-order valence-corrected chi connectivity index (χ2v) is 8.27. The molecule has 0 spiro atoms. The molecule has 1 saturated heterocycles. The summed E-state index contributed by atoms with van der Waals surface area (Å²) >= 11 is 0. The van der Waals surface area contributed by atoms with Gasteiger partial charge in [-0.25, -0.2) is 0 Å². The minimum atomic E-state index is 0. The van der Waals surface area contributed by atoms with E-state index in [-0.39, 0.29) is 30.1 Å². The van der Waals surface area contributed by atoms with Crippen LogP contribution < -0.4 is 15.4 Å². The molecule has 2 unspecified atom stereocenters. The van der Waals surface area contributed by atoms with Gasteiger partial charge in [0.2, 0.25) is 0 Å². The van der Waals surface area contributed by atoms with Crippen LogP contribution >= 0.6 is 24.0 Å². The van der Waals surface area contributed by atoms with Crippen molar-refractivity contribution in [2.45, 2.75) is 38.3 Å². The second kappa shape index (κ2) is 12.3. The number of benzene rings is 2. The van der Waals surface area contributed by atoms with Crippen LogP contribution in [-0.4, -0.2) is 32.8 Å². The Bertz CT molecular complexity index is 827. The summed E-state index contributed by atoms with van der Waals surface area (Å²) in [6.45, 7) is 3.18. The monoisotopic (exact) mass is 535 g/mol. The van der Waals surface area contributed by atoms with E-state index < -0.39 is 0 Å². The predicted molar refractivity (Wildman–Crippen MR) is 136 cm³/mol. The van der Waals surface area contributed by atoms with E-state index in [2.05, 4.69) is 64.2 Å². The smallest absolute Gasteiger partial charge is 0.191 e. The zero-order valence-corrected chi connectivity index (χ0v) is 20.6. The predicted octanol–water partition coefficient (Wildman–Crippen LogP) is 4.93. The molecular formula is C25H34IN3O2. The largest absolute Gasteiger partial charge is 0.493 e. The lowest BCUT2D eigenvalue weighted by Gasteiger charge is -2.32. The topological polar surface area (TPSA) is 54.9 Å². The molecule has 0 amide bonds. The average Bonchev–Trinajstić information content (AvgIpc) is 3.64. The summed E-state index contributed by atoms with van der Waals surface area (Å²) in [6, 6.07) is 18.8. The molecular weight excluding hydrogens is 501 g/mol. The van der Waals surface area contributed by atoms with Crippen LogP contribution in [0.3, 0.4) is 0 Å². The lowest BCUT2D eigenvalue weighted by molar-refractivity contribution is -0.0265. The summed E-state index contributed by atoms with van der Waals surface area (Å²) in [5.41, 5.74) is 2.41. The quantitative estimate of drug-likeness (QED) is 0.286. The van der Waals surface area contributed by atoms with E-state index in [9.17, 15) is 0 Å². The van der Waals surface area contributed by atoms with E-state index in [4.69, 9.17) is 9.47 Å². The SMILES string of the molecule is CN=C(NCc1ccccc1OCC1CC1)NCC1CCCOC1c1ccccc1.I. The van der Waals surface area contributed by atoms with Crippen LogP contribution in [0.15, 0.2) is 59.6 Å². The van der Waals surface area contributed by atoms with Gasteiger partial charge in [0.05, 0.1) is 12.7 Å². The fraction of sp³-hybridized carbons (Fsp3) is 0.480. The van der Waals surface area contributed by atoms with Crippen molar-refractivity contribution in [1.82, 2.24) is 10.6 Å². The van der Waals surface area contributed by atoms with E-state index in [0.29, 0.717) is 12.5 Å². The van der Waals surface area contributed by atoms with Crippen LogP contribution in [0.4, 0.5) is 0 Å². The number of hydrogen-bond acceptors (Lipinski definition) is 3. The maximum absolute atomic E-state index is 6.12. The third kappa shape index (κ3) is 7.10. The Balaban J connectivity index is 0.00000272. The maximum Gasteiger partial charge on any atom is 0.191 e. The van der Waals surface area contributed by atoms with Crippen LogP contribution in [0, 0.1) is 11.8 Å². The number of guanidine groups is 1. The Morgan fingerprint density at radius 1 is 1.03 bits per heavy atom. The van der Waals surface area contributed by atoms with Gasteiger partial charge in [0, 0.05) is 38.2 Å². The van der Waals surface area contributed by atoms with Crippen LogP contribution in [0.2, 0.25) is 0 Å². The molecule has 2 N–H and O–H groups in total. The van der Waals surface area contributed by atoms with Crippen molar-refractivity contribution in [3.05, 3.63) is 65.7 Å². The highest BCUT2D eigenvalue weighted by atomic mass is 127. The molecule has 1 saturated carbocycles. The highest BCUT2D eigenvalue weighted by molar-refractivity contribution is 14.0. The number of rotatable bonds is 8. The van der Waals surface area contributed by atoms with Gasteiger partial charge >= 0.3 is 0 Å². The lowest BCUT2D eigenvalue weighted by Crippen LogP contribution is -2.41. The fourth-order valence-electron chi connectivity index (χ4n) is 3.97. The number of aliphatic imine (C=N–C) groups is 1. The highest BCUT2D eigenvalue weighted by Gasteiger charge is 2.27. The molecule has 168 valence electrons. The molecule has 31 heavy (non-hydrogen) atoms. The van der Waals surface area contributed by atoms with E-state index in [0.717, 1.165) is 55.8 Å². The molecule has 1 aliphatic carbocycles. The van der Waals surface area contributed by atoms with Crippen molar-refractivity contribution in [3.63, 3.8) is 0 Å². The molecule has 2 atom stereocenters. The van der Waals surface area contributed by atoms with Gasteiger partial charge < -0.3 is 20.1 Å². The molecule has 0 aromatic heterocycles. The Hall–Kier alpha value is -1.80. The number of halogens is 1. The standard InChI is InChI=1S/C25H33N3O2.HI/c1-26-25(27-16-21-10-5-6-12-23(21)30-18-19-13-14-19)28-17-22-11-7-15-29-24(22)20-8-3-2-4-9-20;/h2-6,8-10,12,19,22,24H,7,11,13-18H2,1H3,(H2,26,27,28);1H. The van der Waals surface area contributed by atoms with Crippen LogP contribution in [0.25, 0.3) is 0 Å². The molecule has 2 aromatic rings. The van der Waals surface area contributed by atoms with E-state index >= 15 is 0 Å². The molecule has 6 heteroatoms. The van der Waals surface area contributed by atoms with Crippen molar-refractivity contribution >= 4 is 29.9 Å². The van der Waals surface area contributed by atoms with Crippen LogP contribution in [0.5, 0.6) is 5.75 Å². The molecule has 4 rings (SSSR count). The summed E-state index contributed by atoms with van der Waals surface area (Å²) in [7, 11) is 1.82. The molecule has 1 heterocycles.